The van der Waals surface area contributed by atoms with Gasteiger partial charge >= 0.3 is 0 Å². The number of aliphatic imine (C=N–C) groups is 1. The predicted molar refractivity (Wildman–Crippen MR) is 108 cm³/mol. The van der Waals surface area contributed by atoms with Gasteiger partial charge in [-0.25, -0.2) is 0 Å². The monoisotopic (exact) mass is 376 g/mol. The molecule has 0 radical (unpaired) electrons. The van der Waals surface area contributed by atoms with Gasteiger partial charge in [-0.2, -0.15) is 0 Å². The minimum atomic E-state index is -0.0744. The molecule has 2 heterocycles. The molecular weight excluding hydrogens is 340 g/mol. The number of aryl methyl sites for hydroxylation is 2. The van der Waals surface area contributed by atoms with Gasteiger partial charge in [0.2, 0.25) is 0 Å². The van der Waals surface area contributed by atoms with E-state index in [1.165, 1.54) is 25.1 Å². The van der Waals surface area contributed by atoms with Crippen molar-refractivity contribution >= 4 is 5.96 Å². The van der Waals surface area contributed by atoms with Crippen LogP contribution in [0.3, 0.4) is 0 Å². The largest absolute Gasteiger partial charge is 0.378 e. The number of nitrogens with one attached hydrogen (secondary N) is 2. The number of ether oxygens (including phenoxy) is 1. The average Bonchev–Trinajstić information content (AvgIpc) is 2.88. The fourth-order valence-electron chi connectivity index (χ4n) is 4.27. The average molecular weight is 377 g/mol. The van der Waals surface area contributed by atoms with Gasteiger partial charge < -0.3 is 19.9 Å². The lowest BCUT2D eigenvalue weighted by Gasteiger charge is -2.59. The van der Waals surface area contributed by atoms with Gasteiger partial charge in [-0.15, -0.1) is 10.2 Å². The normalized spacial score (nSPS) is 27.4. The second-order valence-electron chi connectivity index (χ2n) is 8.66. The first-order chi connectivity index (χ1) is 12.9. The number of guanidine groups is 1. The third-order valence-electron chi connectivity index (χ3n) is 6.87. The van der Waals surface area contributed by atoms with Crippen molar-refractivity contribution in [2.24, 2.45) is 10.4 Å². The van der Waals surface area contributed by atoms with Gasteiger partial charge in [-0.3, -0.25) is 4.99 Å². The lowest BCUT2D eigenvalue weighted by atomic mass is 9.56. The van der Waals surface area contributed by atoms with E-state index >= 15 is 0 Å². The Morgan fingerprint density at radius 2 is 2.07 bits per heavy atom. The summed E-state index contributed by atoms with van der Waals surface area (Å²) in [5.74, 6) is 3.17. The van der Waals surface area contributed by atoms with Crippen molar-refractivity contribution in [2.75, 3.05) is 20.7 Å². The summed E-state index contributed by atoms with van der Waals surface area (Å²) in [7, 11) is 3.63. The Morgan fingerprint density at radius 1 is 1.26 bits per heavy atom. The molecule has 2 atom stereocenters. The van der Waals surface area contributed by atoms with Crippen molar-refractivity contribution in [2.45, 2.75) is 83.9 Å². The Morgan fingerprint density at radius 3 is 2.78 bits per heavy atom. The van der Waals surface area contributed by atoms with Gasteiger partial charge in [0.1, 0.15) is 11.6 Å². The summed E-state index contributed by atoms with van der Waals surface area (Å²) in [6.07, 6.45) is 7.80. The maximum atomic E-state index is 5.71. The van der Waals surface area contributed by atoms with Crippen molar-refractivity contribution in [3.63, 3.8) is 0 Å². The zero-order chi connectivity index (χ0) is 19.5. The van der Waals surface area contributed by atoms with Crippen molar-refractivity contribution in [3.8, 4) is 0 Å². The van der Waals surface area contributed by atoms with Gasteiger partial charge in [-0.1, -0.05) is 20.3 Å². The smallest absolute Gasteiger partial charge is 0.191 e. The van der Waals surface area contributed by atoms with E-state index in [1.54, 1.807) is 7.11 Å². The first-order valence-electron chi connectivity index (χ1n) is 10.3. The van der Waals surface area contributed by atoms with E-state index in [2.05, 4.69) is 51.2 Å². The molecule has 0 aromatic carbocycles. The molecule has 27 heavy (non-hydrogen) atoms. The van der Waals surface area contributed by atoms with Crippen LogP contribution in [0.5, 0.6) is 0 Å². The van der Waals surface area contributed by atoms with E-state index < -0.39 is 0 Å². The Bertz CT molecular complexity index is 667. The van der Waals surface area contributed by atoms with E-state index in [-0.39, 0.29) is 11.0 Å². The van der Waals surface area contributed by atoms with E-state index in [4.69, 9.17) is 4.74 Å². The van der Waals surface area contributed by atoms with Crippen LogP contribution in [-0.4, -0.2) is 53.1 Å². The van der Waals surface area contributed by atoms with Crippen molar-refractivity contribution < 1.29 is 4.74 Å². The van der Waals surface area contributed by atoms with E-state index in [9.17, 15) is 0 Å². The number of rotatable bonds is 6. The zero-order valence-corrected chi connectivity index (χ0v) is 17.6. The van der Waals surface area contributed by atoms with Crippen LogP contribution in [0.4, 0.5) is 0 Å². The highest BCUT2D eigenvalue weighted by Gasteiger charge is 2.58. The van der Waals surface area contributed by atoms with Crippen LogP contribution in [0.1, 0.15) is 64.5 Å². The van der Waals surface area contributed by atoms with Crippen molar-refractivity contribution in [1.29, 1.82) is 0 Å². The number of fused-ring (bicyclic) bond motifs is 1. The van der Waals surface area contributed by atoms with Crippen LogP contribution in [0.2, 0.25) is 0 Å². The molecular formula is C20H36N6O. The fraction of sp³-hybridized carbons (Fsp3) is 0.850. The van der Waals surface area contributed by atoms with E-state index in [0.717, 1.165) is 50.6 Å². The summed E-state index contributed by atoms with van der Waals surface area (Å²) in [6, 6.07) is 0.362. The van der Waals surface area contributed by atoms with Crippen LogP contribution in [0.15, 0.2) is 4.99 Å². The molecule has 1 aliphatic carbocycles. The molecule has 3 rings (SSSR count). The Kier molecular flexibility index (Phi) is 6.08. The molecule has 1 aliphatic heterocycles. The fourth-order valence-corrected chi connectivity index (χ4v) is 4.27. The Hall–Kier alpha value is -1.63. The highest BCUT2D eigenvalue weighted by Crippen LogP contribution is 2.51. The molecule has 0 amide bonds. The molecule has 1 fully saturated rings. The summed E-state index contributed by atoms with van der Waals surface area (Å²) in [5.41, 5.74) is -0.00649. The van der Waals surface area contributed by atoms with E-state index in [1.807, 2.05) is 7.05 Å². The molecule has 7 heteroatoms. The topological polar surface area (TPSA) is 76.4 Å². The molecule has 1 saturated carbocycles. The Balaban J connectivity index is 1.44. The molecule has 2 aliphatic rings. The quantitative estimate of drug-likeness (QED) is 0.453. The lowest BCUT2D eigenvalue weighted by molar-refractivity contribution is -0.176. The number of aromatic nitrogens is 3. The summed E-state index contributed by atoms with van der Waals surface area (Å²) in [6.45, 7) is 8.63. The first kappa shape index (κ1) is 20.1. The first-order valence-corrected chi connectivity index (χ1v) is 10.3. The second kappa shape index (κ2) is 8.17. The van der Waals surface area contributed by atoms with Crippen LogP contribution in [0.25, 0.3) is 0 Å². The second-order valence-corrected chi connectivity index (χ2v) is 8.66. The standard InChI is InChI=1S/C20H36N6O/c1-19(2)15(14-20(19,3)27-5)23-18(21-4)22-12-9-11-17-25-24-16-10-7-6-8-13-26(16)17/h15H,6-14H2,1-5H3,(H2,21,22,23). The van der Waals surface area contributed by atoms with Crippen LogP contribution in [-0.2, 0) is 24.1 Å². The van der Waals surface area contributed by atoms with Gasteiger partial charge in [-0.05, 0) is 32.6 Å². The maximum Gasteiger partial charge on any atom is 0.191 e. The number of nitrogens with zero attached hydrogens (tertiary/aromatic N) is 4. The molecule has 0 saturated heterocycles. The Labute approximate surface area is 163 Å². The van der Waals surface area contributed by atoms with Gasteiger partial charge in [0, 0.05) is 51.5 Å². The number of hydrogen-bond donors (Lipinski definition) is 2. The summed E-state index contributed by atoms with van der Waals surface area (Å²) >= 11 is 0. The third kappa shape index (κ3) is 3.98. The molecule has 0 bridgehead atoms. The van der Waals surface area contributed by atoms with Crippen molar-refractivity contribution in [3.05, 3.63) is 11.6 Å². The lowest BCUT2D eigenvalue weighted by Crippen LogP contribution is -2.69. The summed E-state index contributed by atoms with van der Waals surface area (Å²) in [4.78, 5) is 4.39. The van der Waals surface area contributed by atoms with Gasteiger partial charge in [0.05, 0.1) is 5.60 Å². The molecule has 2 N–H and O–H groups in total. The van der Waals surface area contributed by atoms with Gasteiger partial charge in [0.15, 0.2) is 5.96 Å². The van der Waals surface area contributed by atoms with Crippen molar-refractivity contribution in [1.82, 2.24) is 25.4 Å². The molecule has 7 nitrogen and oxygen atoms in total. The zero-order valence-electron chi connectivity index (χ0n) is 17.6. The minimum Gasteiger partial charge on any atom is -0.378 e. The number of hydrogen-bond acceptors (Lipinski definition) is 4. The highest BCUT2D eigenvalue weighted by molar-refractivity contribution is 5.80. The third-order valence-corrected chi connectivity index (χ3v) is 6.87. The number of methoxy groups -OCH3 is 1. The van der Waals surface area contributed by atoms with Gasteiger partial charge in [0.25, 0.3) is 0 Å². The summed E-state index contributed by atoms with van der Waals surface area (Å²) in [5, 5.41) is 15.8. The maximum absolute atomic E-state index is 5.71. The SMILES string of the molecule is CN=C(NCCCc1nnc2n1CCCCC2)NC1CC(C)(OC)C1(C)C. The highest BCUT2D eigenvalue weighted by atomic mass is 16.5. The molecule has 0 spiro atoms. The molecule has 152 valence electrons. The van der Waals surface area contributed by atoms with Crippen LogP contribution < -0.4 is 10.6 Å². The molecule has 1 aromatic heterocycles. The minimum absolute atomic E-state index is 0.0679. The predicted octanol–water partition coefficient (Wildman–Crippen LogP) is 2.31. The van der Waals surface area contributed by atoms with Crippen LogP contribution >= 0.6 is 0 Å². The van der Waals surface area contributed by atoms with Crippen LogP contribution in [0, 0.1) is 5.41 Å². The summed E-state index contributed by atoms with van der Waals surface area (Å²) < 4.78 is 8.05. The molecule has 1 aromatic rings. The molecule has 2 unspecified atom stereocenters. The van der Waals surface area contributed by atoms with E-state index in [0.29, 0.717) is 6.04 Å².